The third kappa shape index (κ3) is 5.25. The molecule has 8 nitrogen and oxygen atoms in total. The maximum absolute atomic E-state index is 13.6. The fourth-order valence-electron chi connectivity index (χ4n) is 3.66. The first-order valence-corrected chi connectivity index (χ1v) is 14.1. The first kappa shape index (κ1) is 24.7. The molecule has 1 saturated heterocycles. The van der Waals surface area contributed by atoms with Crippen molar-refractivity contribution in [1.29, 1.82) is 0 Å². The van der Waals surface area contributed by atoms with Gasteiger partial charge in [0.25, 0.3) is 5.91 Å². The highest BCUT2D eigenvalue weighted by Crippen LogP contribution is 2.32. The monoisotopic (exact) mass is 584 g/mol. The van der Waals surface area contributed by atoms with Crippen LogP contribution in [0.1, 0.15) is 15.9 Å². The lowest BCUT2D eigenvalue weighted by molar-refractivity contribution is 0.0730. The molecule has 0 atom stereocenters. The third-order valence-electron chi connectivity index (χ3n) is 5.54. The SMILES string of the molecule is O=C(c1ccc(S(=O)(=O)N2CCOCC2)cc1)N(/N=C/c1ccccc1)c1nc2ccc(Br)cc2s1. The quantitative estimate of drug-likeness (QED) is 0.240. The van der Waals surface area contributed by atoms with Crippen molar-refractivity contribution >= 4 is 64.8 Å². The van der Waals surface area contributed by atoms with Crippen molar-refractivity contribution in [2.24, 2.45) is 5.10 Å². The molecule has 0 aliphatic carbocycles. The first-order valence-electron chi connectivity index (χ1n) is 11.1. The number of thiazole rings is 1. The number of anilines is 1. The number of carbonyl (C=O) groups is 1. The number of fused-ring (bicyclic) bond motifs is 1. The van der Waals surface area contributed by atoms with Gasteiger partial charge in [0.05, 0.1) is 34.5 Å². The number of rotatable bonds is 6. The van der Waals surface area contributed by atoms with E-state index in [1.54, 1.807) is 6.21 Å². The Hall–Kier alpha value is -2.96. The Morgan fingerprint density at radius 2 is 1.78 bits per heavy atom. The molecule has 1 aliphatic rings. The van der Waals surface area contributed by atoms with Gasteiger partial charge in [0.2, 0.25) is 15.2 Å². The van der Waals surface area contributed by atoms with Gasteiger partial charge in [-0.1, -0.05) is 57.6 Å². The van der Waals surface area contributed by atoms with Gasteiger partial charge in [0.1, 0.15) is 0 Å². The number of morpholine rings is 1. The summed E-state index contributed by atoms with van der Waals surface area (Å²) in [7, 11) is -3.66. The topological polar surface area (TPSA) is 92.2 Å². The summed E-state index contributed by atoms with van der Waals surface area (Å²) in [6.07, 6.45) is 1.59. The molecule has 1 amide bonds. The summed E-state index contributed by atoms with van der Waals surface area (Å²) < 4.78 is 34.4. The highest BCUT2D eigenvalue weighted by molar-refractivity contribution is 9.10. The number of carbonyl (C=O) groups excluding carboxylic acids is 1. The van der Waals surface area contributed by atoms with Crippen LogP contribution in [0.15, 0.2) is 87.3 Å². The molecule has 0 spiro atoms. The van der Waals surface area contributed by atoms with E-state index in [1.165, 1.54) is 44.9 Å². The van der Waals surface area contributed by atoms with Gasteiger partial charge in [-0.15, -0.1) is 0 Å². The summed E-state index contributed by atoms with van der Waals surface area (Å²) in [5.41, 5.74) is 1.87. The number of sulfonamides is 1. The molecule has 4 aromatic rings. The van der Waals surface area contributed by atoms with Gasteiger partial charge in [0, 0.05) is 23.1 Å². The summed E-state index contributed by atoms with van der Waals surface area (Å²) in [5, 5.41) is 6.11. The lowest BCUT2D eigenvalue weighted by Crippen LogP contribution is -2.40. The van der Waals surface area contributed by atoms with Crippen molar-refractivity contribution in [2.75, 3.05) is 31.3 Å². The average Bonchev–Trinajstić information content (AvgIpc) is 3.32. The van der Waals surface area contributed by atoms with Crippen LogP contribution in [0.2, 0.25) is 0 Å². The summed E-state index contributed by atoms with van der Waals surface area (Å²) in [5.74, 6) is -0.421. The zero-order valence-corrected chi connectivity index (χ0v) is 22.2. The van der Waals surface area contributed by atoms with Crippen LogP contribution in [-0.4, -0.2) is 56.1 Å². The van der Waals surface area contributed by atoms with Gasteiger partial charge in [-0.3, -0.25) is 4.79 Å². The van der Waals surface area contributed by atoms with Crippen molar-refractivity contribution < 1.29 is 17.9 Å². The van der Waals surface area contributed by atoms with Crippen LogP contribution in [-0.2, 0) is 14.8 Å². The van der Waals surface area contributed by atoms with E-state index >= 15 is 0 Å². The molecule has 36 heavy (non-hydrogen) atoms. The second kappa shape index (κ2) is 10.6. The molecule has 3 aromatic carbocycles. The van der Waals surface area contributed by atoms with Gasteiger partial charge < -0.3 is 4.74 Å². The fourth-order valence-corrected chi connectivity index (χ4v) is 6.54. The van der Waals surface area contributed by atoms with Gasteiger partial charge in [-0.05, 0) is 48.0 Å². The Bertz CT molecular complexity index is 1520. The maximum Gasteiger partial charge on any atom is 0.280 e. The smallest absolute Gasteiger partial charge is 0.280 e. The van der Waals surface area contributed by atoms with Crippen LogP contribution >= 0.6 is 27.3 Å². The standard InChI is InChI=1S/C25H21BrN4O4S2/c26-20-8-11-22-23(16-20)35-25(28-22)30(27-17-18-4-2-1-3-5-18)24(31)19-6-9-21(10-7-19)36(32,33)29-12-14-34-15-13-29/h1-11,16-17H,12-15H2/b27-17+. The number of hydrazone groups is 1. The Balaban J connectivity index is 1.47. The normalized spacial score (nSPS) is 14.9. The van der Waals surface area contributed by atoms with E-state index in [-0.39, 0.29) is 4.90 Å². The summed E-state index contributed by atoms with van der Waals surface area (Å²) >= 11 is 4.81. The highest BCUT2D eigenvalue weighted by Gasteiger charge is 2.27. The molecule has 0 bridgehead atoms. The van der Waals surface area contributed by atoms with Crippen molar-refractivity contribution in [3.8, 4) is 0 Å². The molecule has 0 N–H and O–H groups in total. The molecule has 0 radical (unpaired) electrons. The Kier molecular flexibility index (Phi) is 7.26. The largest absolute Gasteiger partial charge is 0.379 e. The molecule has 0 unspecified atom stereocenters. The number of benzene rings is 3. The van der Waals surface area contributed by atoms with E-state index in [0.29, 0.717) is 37.0 Å². The Morgan fingerprint density at radius 1 is 1.06 bits per heavy atom. The molecule has 184 valence electrons. The summed E-state index contributed by atoms with van der Waals surface area (Å²) in [6.45, 7) is 1.34. The number of ether oxygens (including phenoxy) is 1. The lowest BCUT2D eigenvalue weighted by Gasteiger charge is -2.26. The lowest BCUT2D eigenvalue weighted by atomic mass is 10.2. The van der Waals surface area contributed by atoms with Crippen molar-refractivity contribution in [2.45, 2.75) is 4.90 Å². The number of halogens is 1. The molecule has 2 heterocycles. The van der Waals surface area contributed by atoms with E-state index in [1.807, 2.05) is 48.5 Å². The fraction of sp³-hybridized carbons (Fsp3) is 0.160. The molecular formula is C25H21BrN4O4S2. The molecule has 11 heteroatoms. The number of hydrogen-bond acceptors (Lipinski definition) is 7. The Morgan fingerprint density at radius 3 is 2.50 bits per heavy atom. The summed E-state index contributed by atoms with van der Waals surface area (Å²) in [4.78, 5) is 18.3. The third-order valence-corrected chi connectivity index (χ3v) is 8.94. The Labute approximate surface area is 221 Å². The number of amides is 1. The molecule has 1 fully saturated rings. The predicted octanol–water partition coefficient (Wildman–Crippen LogP) is 4.76. The molecular weight excluding hydrogens is 564 g/mol. The second-order valence-corrected chi connectivity index (χ2v) is 11.8. The van der Waals surface area contributed by atoms with Crippen molar-refractivity contribution in [1.82, 2.24) is 9.29 Å². The highest BCUT2D eigenvalue weighted by atomic mass is 79.9. The zero-order chi connectivity index (χ0) is 25.1. The van der Waals surface area contributed by atoms with Gasteiger partial charge in [0.15, 0.2) is 0 Å². The first-order chi connectivity index (χ1) is 17.4. The minimum Gasteiger partial charge on any atom is -0.379 e. The zero-order valence-electron chi connectivity index (χ0n) is 19.0. The van der Waals surface area contributed by atoms with Crippen molar-refractivity contribution in [3.05, 3.63) is 88.4 Å². The van der Waals surface area contributed by atoms with E-state index < -0.39 is 15.9 Å². The van der Waals surface area contributed by atoms with Crippen LogP contribution in [0.5, 0.6) is 0 Å². The number of aromatic nitrogens is 1. The van der Waals surface area contributed by atoms with Crippen molar-refractivity contribution in [3.63, 3.8) is 0 Å². The summed E-state index contributed by atoms with van der Waals surface area (Å²) in [6, 6.07) is 21.0. The van der Waals surface area contributed by atoms with Crippen LogP contribution in [0.3, 0.4) is 0 Å². The van der Waals surface area contributed by atoms with E-state index in [2.05, 4.69) is 26.0 Å². The predicted molar refractivity (Wildman–Crippen MR) is 144 cm³/mol. The van der Waals surface area contributed by atoms with E-state index in [9.17, 15) is 13.2 Å². The maximum atomic E-state index is 13.6. The van der Waals surface area contributed by atoms with Gasteiger partial charge >= 0.3 is 0 Å². The second-order valence-electron chi connectivity index (χ2n) is 7.92. The molecule has 5 rings (SSSR count). The van der Waals surface area contributed by atoms with E-state index in [4.69, 9.17) is 4.74 Å². The van der Waals surface area contributed by atoms with Gasteiger partial charge in [-0.25, -0.2) is 13.4 Å². The van der Waals surface area contributed by atoms with Crippen LogP contribution in [0.4, 0.5) is 5.13 Å². The van der Waals surface area contributed by atoms with Crippen LogP contribution in [0.25, 0.3) is 10.2 Å². The molecule has 1 aliphatic heterocycles. The minimum atomic E-state index is -3.66. The molecule has 0 saturated carbocycles. The molecule has 1 aromatic heterocycles. The van der Waals surface area contributed by atoms with Crippen LogP contribution in [0, 0.1) is 0 Å². The average molecular weight is 586 g/mol. The van der Waals surface area contributed by atoms with E-state index in [0.717, 1.165) is 20.3 Å². The number of nitrogens with zero attached hydrogens (tertiary/aromatic N) is 4. The van der Waals surface area contributed by atoms with Crippen LogP contribution < -0.4 is 5.01 Å². The minimum absolute atomic E-state index is 0.130. The number of hydrogen-bond donors (Lipinski definition) is 0. The van der Waals surface area contributed by atoms with Gasteiger partial charge in [-0.2, -0.15) is 14.4 Å².